The molecular formula is C7H19Cl3Si3. The van der Waals surface area contributed by atoms with E-state index in [4.69, 9.17) is 33.2 Å². The molecule has 0 atom stereocenters. The Labute approximate surface area is 99.1 Å². The van der Waals surface area contributed by atoms with E-state index in [2.05, 4.69) is 39.3 Å². The fourth-order valence-electron chi connectivity index (χ4n) is 2.45. The van der Waals surface area contributed by atoms with Crippen LogP contribution in [-0.4, -0.2) is 22.2 Å². The van der Waals surface area contributed by atoms with Crippen molar-refractivity contribution in [3.05, 3.63) is 0 Å². The van der Waals surface area contributed by atoms with Crippen LogP contribution in [-0.2, 0) is 0 Å². The lowest BCUT2D eigenvalue weighted by Gasteiger charge is -2.40. The summed E-state index contributed by atoms with van der Waals surface area (Å²) in [6.07, 6.45) is 0. The number of halogens is 3. The molecule has 0 saturated heterocycles. The highest BCUT2D eigenvalue weighted by molar-refractivity contribution is 7.44. The monoisotopic (exact) mass is 292 g/mol. The van der Waals surface area contributed by atoms with Gasteiger partial charge in [-0.1, -0.05) is 39.3 Å². The summed E-state index contributed by atoms with van der Waals surface area (Å²) in [5, 5.41) is 0. The minimum atomic E-state index is -1.73. The summed E-state index contributed by atoms with van der Waals surface area (Å²) in [6, 6.07) is 0. The summed E-state index contributed by atoms with van der Waals surface area (Å²) < 4.78 is 0. The van der Waals surface area contributed by atoms with Crippen molar-refractivity contribution in [1.29, 1.82) is 0 Å². The first-order valence-electron chi connectivity index (χ1n) is 4.43. The molecule has 0 aliphatic heterocycles. The van der Waals surface area contributed by atoms with Crippen molar-refractivity contribution < 1.29 is 0 Å². The molecule has 0 nitrogen and oxygen atoms in total. The molecule has 0 rings (SSSR count). The Balaban J connectivity index is 5.02. The second-order valence-corrected chi connectivity index (χ2v) is 26.7. The highest BCUT2D eigenvalue weighted by atomic mass is 35.6. The van der Waals surface area contributed by atoms with Crippen LogP contribution in [0.5, 0.6) is 0 Å². The Kier molecular flexibility index (Phi) is 4.67. The van der Waals surface area contributed by atoms with Crippen molar-refractivity contribution in [2.45, 2.75) is 44.1 Å². The molecule has 0 aromatic heterocycles. The lowest BCUT2D eigenvalue weighted by molar-refractivity contribution is 1.47. The first-order valence-corrected chi connectivity index (χ1v) is 16.7. The zero-order valence-electron chi connectivity index (χ0n) is 9.21. The van der Waals surface area contributed by atoms with Crippen LogP contribution < -0.4 is 0 Å². The number of hydrogen-bond donors (Lipinski definition) is 0. The van der Waals surface area contributed by atoms with Gasteiger partial charge in [0.05, 0.1) is 0 Å². The number of rotatable bonds is 3. The fraction of sp³-hybridized carbons (Fsp3) is 1.00. The van der Waals surface area contributed by atoms with E-state index < -0.39 is 22.2 Å². The molecular weight excluding hydrogens is 275 g/mol. The van der Waals surface area contributed by atoms with Crippen molar-refractivity contribution in [1.82, 2.24) is 0 Å². The predicted octanol–water partition coefficient (Wildman–Crippen LogP) is 4.77. The SMILES string of the molecule is C[Si](C)(Cl)C([Si](C)(C)Cl)[Si](C)(C)Cl. The molecule has 0 saturated carbocycles. The summed E-state index contributed by atoms with van der Waals surface area (Å²) >= 11 is 19.5. The van der Waals surface area contributed by atoms with Gasteiger partial charge in [0.2, 0.25) is 0 Å². The quantitative estimate of drug-likeness (QED) is 0.519. The summed E-state index contributed by atoms with van der Waals surface area (Å²) in [7, 11) is -5.18. The third kappa shape index (κ3) is 4.71. The van der Waals surface area contributed by atoms with Gasteiger partial charge < -0.3 is 0 Å². The molecule has 0 amide bonds. The van der Waals surface area contributed by atoms with Crippen LogP contribution in [0.3, 0.4) is 0 Å². The van der Waals surface area contributed by atoms with Crippen molar-refractivity contribution in [2.75, 3.05) is 0 Å². The zero-order chi connectivity index (χ0) is 11.1. The van der Waals surface area contributed by atoms with Gasteiger partial charge in [-0.25, -0.2) is 0 Å². The average molecular weight is 294 g/mol. The Morgan fingerprint density at radius 2 is 0.769 bits per heavy atom. The zero-order valence-corrected chi connectivity index (χ0v) is 14.5. The maximum Gasteiger partial charge on any atom is 0.150 e. The molecule has 0 fully saturated rings. The Morgan fingerprint density at radius 1 is 0.615 bits per heavy atom. The standard InChI is InChI=1S/C7H19Cl3Si3/c1-11(2,8)7(12(3,4)9)13(5,6)10/h7H,1-6H3. The van der Waals surface area contributed by atoms with Crippen LogP contribution in [0, 0.1) is 0 Å². The molecule has 0 N–H and O–H groups in total. The Bertz CT molecular complexity index is 142. The highest BCUT2D eigenvalue weighted by Crippen LogP contribution is 2.45. The Morgan fingerprint density at radius 3 is 0.769 bits per heavy atom. The van der Waals surface area contributed by atoms with Gasteiger partial charge in [-0.2, -0.15) is 33.2 Å². The minimum Gasteiger partial charge on any atom is -0.168 e. The van der Waals surface area contributed by atoms with Gasteiger partial charge in [-0.15, -0.1) is 0 Å². The second kappa shape index (κ2) is 4.18. The minimum absolute atomic E-state index is 0.442. The topological polar surface area (TPSA) is 0 Å². The van der Waals surface area contributed by atoms with Crippen LogP contribution in [0.4, 0.5) is 0 Å². The maximum absolute atomic E-state index is 6.51. The molecule has 0 aromatic rings. The molecule has 0 bridgehead atoms. The van der Waals surface area contributed by atoms with Crippen LogP contribution in [0.25, 0.3) is 0 Å². The lowest BCUT2D eigenvalue weighted by Crippen LogP contribution is -2.52. The van der Waals surface area contributed by atoms with Gasteiger partial charge in [0.15, 0.2) is 22.2 Å². The van der Waals surface area contributed by atoms with E-state index in [0.29, 0.717) is 4.79 Å². The van der Waals surface area contributed by atoms with Gasteiger partial charge in [0.1, 0.15) is 0 Å². The van der Waals surface area contributed by atoms with Crippen LogP contribution in [0.2, 0.25) is 44.1 Å². The van der Waals surface area contributed by atoms with E-state index in [1.807, 2.05) is 0 Å². The molecule has 0 radical (unpaired) electrons. The van der Waals surface area contributed by atoms with E-state index in [1.54, 1.807) is 0 Å². The molecule has 80 valence electrons. The van der Waals surface area contributed by atoms with Gasteiger partial charge in [-0.05, 0) is 4.79 Å². The third-order valence-electron chi connectivity index (χ3n) is 2.06. The lowest BCUT2D eigenvalue weighted by atomic mass is 11.7. The van der Waals surface area contributed by atoms with Gasteiger partial charge in [0, 0.05) is 0 Å². The van der Waals surface area contributed by atoms with Crippen LogP contribution in [0.15, 0.2) is 0 Å². The molecule has 0 aliphatic rings. The third-order valence-corrected chi connectivity index (χ3v) is 24.4. The van der Waals surface area contributed by atoms with Crippen molar-refractivity contribution in [2.24, 2.45) is 0 Å². The van der Waals surface area contributed by atoms with E-state index in [1.165, 1.54) is 0 Å². The molecule has 6 heteroatoms. The predicted molar refractivity (Wildman–Crippen MR) is 73.8 cm³/mol. The number of hydrogen-bond acceptors (Lipinski definition) is 0. The van der Waals surface area contributed by atoms with Crippen molar-refractivity contribution >= 4 is 55.4 Å². The summed E-state index contributed by atoms with van der Waals surface area (Å²) in [4.78, 5) is 0.442. The van der Waals surface area contributed by atoms with Gasteiger partial charge in [0.25, 0.3) is 0 Å². The molecule has 0 aliphatic carbocycles. The van der Waals surface area contributed by atoms with Crippen molar-refractivity contribution in [3.8, 4) is 0 Å². The summed E-state index contributed by atoms with van der Waals surface area (Å²) in [6.45, 7) is 13.0. The molecule has 13 heavy (non-hydrogen) atoms. The van der Waals surface area contributed by atoms with Crippen LogP contribution in [0.1, 0.15) is 0 Å². The highest BCUT2D eigenvalue weighted by Gasteiger charge is 2.51. The summed E-state index contributed by atoms with van der Waals surface area (Å²) in [5.74, 6) is 0. The smallest absolute Gasteiger partial charge is 0.150 e. The first kappa shape index (κ1) is 14.5. The summed E-state index contributed by atoms with van der Waals surface area (Å²) in [5.41, 5.74) is 0. The average Bonchev–Trinajstić information content (AvgIpc) is 1.44. The second-order valence-electron chi connectivity index (χ2n) is 5.13. The van der Waals surface area contributed by atoms with E-state index in [9.17, 15) is 0 Å². The first-order chi connectivity index (χ1) is 5.37. The molecule has 0 spiro atoms. The fourth-order valence-corrected chi connectivity index (χ4v) is 38.3. The largest absolute Gasteiger partial charge is 0.168 e. The normalized spacial score (nSPS) is 15.2. The maximum atomic E-state index is 6.51. The van der Waals surface area contributed by atoms with Gasteiger partial charge in [-0.3, -0.25) is 0 Å². The Hall–Kier alpha value is 1.52. The van der Waals surface area contributed by atoms with Crippen molar-refractivity contribution in [3.63, 3.8) is 0 Å². The molecule has 0 unspecified atom stereocenters. The molecule has 0 aromatic carbocycles. The van der Waals surface area contributed by atoms with E-state index in [-0.39, 0.29) is 0 Å². The molecule has 0 heterocycles. The van der Waals surface area contributed by atoms with Crippen LogP contribution >= 0.6 is 33.2 Å². The van der Waals surface area contributed by atoms with E-state index in [0.717, 1.165) is 0 Å². The van der Waals surface area contributed by atoms with E-state index >= 15 is 0 Å². The van der Waals surface area contributed by atoms with Gasteiger partial charge >= 0.3 is 0 Å².